The number of imidazole rings is 1. The van der Waals surface area contributed by atoms with Crippen molar-refractivity contribution >= 4 is 95.6 Å². The summed E-state index contributed by atoms with van der Waals surface area (Å²) in [6.45, 7) is 30.2. The lowest BCUT2D eigenvalue weighted by atomic mass is 9.33. The highest BCUT2D eigenvalue weighted by atomic mass is 15.2. The van der Waals surface area contributed by atoms with E-state index in [1.54, 1.807) is 0 Å². The largest absolute Gasteiger partial charge is 0.311 e. The van der Waals surface area contributed by atoms with Crippen LogP contribution in [0.5, 0.6) is 0 Å². The highest BCUT2D eigenvalue weighted by Crippen LogP contribution is 2.48. The van der Waals surface area contributed by atoms with Crippen LogP contribution in [0.2, 0.25) is 0 Å². The first-order valence-electron chi connectivity index (χ1n) is 26.1. The van der Waals surface area contributed by atoms with Gasteiger partial charge in [-0.3, -0.25) is 0 Å². The molecule has 8 aromatic carbocycles. The average molecular weight is 940 g/mol. The van der Waals surface area contributed by atoms with Gasteiger partial charge in [-0.2, -0.15) is 4.40 Å². The number of anilines is 6. The first-order valence-corrected chi connectivity index (χ1v) is 26.1. The standard InChI is InChI=1S/C67H68BN4/c1-41-18-17-19-51-50-33-22-42(36-58(50)72-57-21-16-15-20-56(57)69(14)63(72)61(41)51)43-37-59-62-60(38-43)71(49-31-25-45(26-32-49)65(5,6)7)55-35-28-47(67(11,12)13)40-53(55)68(62)52-39-46(66(8,9)10)27-34-54(52)70(59)48-29-23-44(24-30-48)64(2,3)4/h15-40H,1-14H3/q+1. The number of para-hydroxylation sites is 2. The molecule has 0 saturated heterocycles. The van der Waals surface area contributed by atoms with Gasteiger partial charge in [0.25, 0.3) is 12.4 Å². The Balaban J connectivity index is 1.21. The Kier molecular flexibility index (Phi) is 10.0. The second-order valence-electron chi connectivity index (χ2n) is 25.1. The van der Waals surface area contributed by atoms with E-state index in [4.69, 9.17) is 0 Å². The van der Waals surface area contributed by atoms with Crippen molar-refractivity contribution in [2.24, 2.45) is 7.05 Å². The van der Waals surface area contributed by atoms with E-state index in [0.29, 0.717) is 0 Å². The molecular formula is C67H68BN4+. The zero-order valence-corrected chi connectivity index (χ0v) is 44.9. The highest BCUT2D eigenvalue weighted by molar-refractivity contribution is 7.00. The first kappa shape index (κ1) is 46.0. The third-order valence-electron chi connectivity index (χ3n) is 16.2. The summed E-state index contributed by atoms with van der Waals surface area (Å²) in [6, 6.07) is 61.4. The summed E-state index contributed by atoms with van der Waals surface area (Å²) in [5.41, 5.74) is 25.0. The van der Waals surface area contributed by atoms with E-state index < -0.39 is 0 Å². The molecule has 0 atom stereocenters. The summed E-state index contributed by atoms with van der Waals surface area (Å²) in [5.74, 6) is 0. The molecule has 4 heterocycles. The molecule has 0 unspecified atom stereocenters. The number of hydrogen-bond acceptors (Lipinski definition) is 2. The van der Waals surface area contributed by atoms with Crippen molar-refractivity contribution in [1.29, 1.82) is 0 Å². The van der Waals surface area contributed by atoms with E-state index in [1.807, 2.05) is 0 Å². The lowest BCUT2D eigenvalue weighted by molar-refractivity contribution is -0.617. The van der Waals surface area contributed by atoms with Gasteiger partial charge in [0.05, 0.1) is 12.4 Å². The number of rotatable bonds is 3. The molecular weight excluding hydrogens is 872 g/mol. The van der Waals surface area contributed by atoms with E-state index in [-0.39, 0.29) is 28.4 Å². The van der Waals surface area contributed by atoms with Crippen LogP contribution < -0.4 is 30.8 Å². The Morgan fingerprint density at radius 1 is 0.417 bits per heavy atom. The lowest BCUT2D eigenvalue weighted by Gasteiger charge is -2.45. The maximum atomic E-state index is 2.58. The number of aromatic nitrogens is 2. The molecule has 2 aliphatic heterocycles. The van der Waals surface area contributed by atoms with Gasteiger partial charge in [0, 0.05) is 44.9 Å². The lowest BCUT2D eigenvalue weighted by Crippen LogP contribution is -2.61. The third-order valence-corrected chi connectivity index (χ3v) is 16.2. The van der Waals surface area contributed by atoms with Crippen LogP contribution in [-0.2, 0) is 28.7 Å². The van der Waals surface area contributed by atoms with Gasteiger partial charge in [-0.25, -0.2) is 4.57 Å². The molecule has 0 spiro atoms. The molecule has 10 aromatic rings. The molecule has 0 N–H and O–H groups in total. The molecule has 0 fully saturated rings. The maximum absolute atomic E-state index is 2.58. The number of aryl methyl sites for hydroxylation is 2. The number of benzene rings is 8. The van der Waals surface area contributed by atoms with Crippen LogP contribution in [-0.4, -0.2) is 11.1 Å². The molecule has 2 aromatic heterocycles. The van der Waals surface area contributed by atoms with Crippen LogP contribution >= 0.6 is 0 Å². The Morgan fingerprint density at radius 3 is 1.43 bits per heavy atom. The quantitative estimate of drug-likeness (QED) is 0.0996. The molecule has 0 amide bonds. The molecule has 5 heteroatoms. The Labute approximate surface area is 427 Å². The van der Waals surface area contributed by atoms with Crippen LogP contribution in [0.25, 0.3) is 49.5 Å². The van der Waals surface area contributed by atoms with Crippen LogP contribution in [0.1, 0.15) is 111 Å². The molecule has 0 radical (unpaired) electrons. The summed E-state index contributed by atoms with van der Waals surface area (Å²) in [4.78, 5) is 5.17. The van der Waals surface area contributed by atoms with E-state index in [9.17, 15) is 0 Å². The van der Waals surface area contributed by atoms with Crippen LogP contribution in [0, 0.1) is 6.92 Å². The molecule has 2 aliphatic rings. The molecule has 4 nitrogen and oxygen atoms in total. The predicted molar refractivity (Wildman–Crippen MR) is 310 cm³/mol. The van der Waals surface area contributed by atoms with Crippen molar-refractivity contribution in [3.05, 3.63) is 186 Å². The van der Waals surface area contributed by atoms with E-state index in [0.717, 1.165) is 11.4 Å². The molecule has 358 valence electrons. The second kappa shape index (κ2) is 15.7. The van der Waals surface area contributed by atoms with Gasteiger partial charge < -0.3 is 9.80 Å². The van der Waals surface area contributed by atoms with Gasteiger partial charge >= 0.3 is 0 Å². The molecule has 12 rings (SSSR count). The van der Waals surface area contributed by atoms with Gasteiger partial charge in [0.1, 0.15) is 5.52 Å². The summed E-state index contributed by atoms with van der Waals surface area (Å²) in [5, 5.41) is 3.82. The number of hydrogen-bond donors (Lipinski definition) is 0. The molecule has 72 heavy (non-hydrogen) atoms. The minimum absolute atomic E-state index is 0.00841. The monoisotopic (exact) mass is 940 g/mol. The third kappa shape index (κ3) is 7.05. The van der Waals surface area contributed by atoms with E-state index in [1.165, 1.54) is 116 Å². The van der Waals surface area contributed by atoms with Crippen molar-refractivity contribution in [3.8, 4) is 11.1 Å². The summed E-state index contributed by atoms with van der Waals surface area (Å²) in [7, 11) is 2.22. The fourth-order valence-electron chi connectivity index (χ4n) is 12.0. The highest BCUT2D eigenvalue weighted by Gasteiger charge is 2.45. The summed E-state index contributed by atoms with van der Waals surface area (Å²) < 4.78 is 4.90. The fraction of sp³-hybridized carbons (Fsp3) is 0.269. The smallest absolute Gasteiger partial charge is 0.295 e. The summed E-state index contributed by atoms with van der Waals surface area (Å²) in [6.07, 6.45) is 0. The Morgan fingerprint density at radius 2 is 0.917 bits per heavy atom. The van der Waals surface area contributed by atoms with E-state index >= 15 is 0 Å². The predicted octanol–water partition coefficient (Wildman–Crippen LogP) is 15.5. The van der Waals surface area contributed by atoms with Crippen LogP contribution in [0.3, 0.4) is 0 Å². The fourth-order valence-corrected chi connectivity index (χ4v) is 12.0. The van der Waals surface area contributed by atoms with Crippen molar-refractivity contribution < 1.29 is 4.57 Å². The molecule has 0 aliphatic carbocycles. The van der Waals surface area contributed by atoms with Crippen molar-refractivity contribution in [3.63, 3.8) is 0 Å². The number of fused-ring (bicyclic) bond motifs is 12. The van der Waals surface area contributed by atoms with Gasteiger partial charge in [-0.05, 0) is 157 Å². The van der Waals surface area contributed by atoms with Crippen molar-refractivity contribution in [2.45, 2.75) is 112 Å². The molecule has 0 bridgehead atoms. The summed E-state index contributed by atoms with van der Waals surface area (Å²) >= 11 is 0. The van der Waals surface area contributed by atoms with E-state index in [2.05, 4.69) is 274 Å². The van der Waals surface area contributed by atoms with Gasteiger partial charge in [0.15, 0.2) is 11.0 Å². The maximum Gasteiger partial charge on any atom is 0.295 e. The zero-order chi connectivity index (χ0) is 50.6. The van der Waals surface area contributed by atoms with Crippen LogP contribution in [0.4, 0.5) is 34.1 Å². The Hall–Kier alpha value is -7.11. The number of pyridine rings is 1. The number of nitrogens with zero attached hydrogens (tertiary/aromatic N) is 4. The van der Waals surface area contributed by atoms with Crippen LogP contribution in [0.15, 0.2) is 158 Å². The van der Waals surface area contributed by atoms with Gasteiger partial charge in [-0.15, -0.1) is 0 Å². The van der Waals surface area contributed by atoms with Gasteiger partial charge in [-0.1, -0.05) is 168 Å². The first-order chi connectivity index (χ1) is 34.1. The minimum Gasteiger partial charge on any atom is -0.311 e. The molecule has 0 saturated carbocycles. The zero-order valence-electron chi connectivity index (χ0n) is 44.9. The Bertz CT molecular complexity index is 3720. The topological polar surface area (TPSA) is 14.8 Å². The van der Waals surface area contributed by atoms with Crippen molar-refractivity contribution in [2.75, 3.05) is 9.80 Å². The minimum atomic E-state index is -0.0413. The second-order valence-corrected chi connectivity index (χ2v) is 25.1. The normalized spacial score (nSPS) is 13.9. The van der Waals surface area contributed by atoms with Gasteiger partial charge in [0.2, 0.25) is 0 Å². The SMILES string of the molecule is Cc1cccc2c3ccc(-c4cc5c6c(c4)N(c4ccc(C(C)(C)C)cc4)c4ccc(C(C)(C)C)cc4B6c4cc(C(C)(C)C)ccc4N5c4ccc(C(C)(C)C)cc4)cc3n3c4ccccc4[n+](C)c3c12. The average Bonchev–Trinajstić information content (AvgIpc) is 3.64. The van der Waals surface area contributed by atoms with Crippen molar-refractivity contribution in [1.82, 2.24) is 4.40 Å².